The molecule has 4 heterocycles. The molecule has 9 heteroatoms. The van der Waals surface area contributed by atoms with Crippen LogP contribution in [0.1, 0.15) is 73.7 Å². The molecule has 8 nitrogen and oxygen atoms in total. The minimum atomic E-state index is -0.775. The second kappa shape index (κ2) is 11.8. The number of nitrogens with zero attached hydrogens (tertiary/aromatic N) is 3. The molecule has 2 saturated heterocycles. The Balaban J connectivity index is 1.31. The van der Waals surface area contributed by atoms with Crippen LogP contribution in [0.2, 0.25) is 0 Å². The van der Waals surface area contributed by atoms with Gasteiger partial charge in [0.25, 0.3) is 11.8 Å². The predicted molar refractivity (Wildman–Crippen MR) is 163 cm³/mol. The molecule has 2 aliphatic rings. The summed E-state index contributed by atoms with van der Waals surface area (Å²) in [5, 5.41) is 4.91. The van der Waals surface area contributed by atoms with Crippen molar-refractivity contribution in [1.29, 1.82) is 0 Å². The van der Waals surface area contributed by atoms with Crippen LogP contribution in [-0.4, -0.2) is 69.5 Å². The number of likely N-dealkylation sites (tertiary alicyclic amines) is 2. The molecule has 0 radical (unpaired) electrons. The van der Waals surface area contributed by atoms with Crippen molar-refractivity contribution < 1.29 is 19.2 Å². The van der Waals surface area contributed by atoms with Gasteiger partial charge < -0.3 is 15.1 Å². The fourth-order valence-electron chi connectivity index (χ4n) is 5.90. The van der Waals surface area contributed by atoms with E-state index in [0.29, 0.717) is 30.5 Å². The van der Waals surface area contributed by atoms with Crippen LogP contribution in [0.25, 0.3) is 10.4 Å². The lowest BCUT2D eigenvalue weighted by atomic mass is 9.86. The molecule has 3 aromatic rings. The highest BCUT2D eigenvalue weighted by Crippen LogP contribution is 2.33. The Morgan fingerprint density at radius 2 is 1.79 bits per heavy atom. The molecular weight excluding hydrogens is 548 g/mol. The molecule has 1 N–H and O–H groups in total. The van der Waals surface area contributed by atoms with Crippen LogP contribution in [0.15, 0.2) is 60.2 Å². The van der Waals surface area contributed by atoms with Crippen molar-refractivity contribution in [2.75, 3.05) is 13.1 Å². The molecule has 5 rings (SSSR count). The molecule has 0 saturated carbocycles. The van der Waals surface area contributed by atoms with Gasteiger partial charge in [-0.25, -0.2) is 0 Å². The second-order valence-corrected chi connectivity index (χ2v) is 13.6. The third-order valence-electron chi connectivity index (χ3n) is 8.08. The molecule has 3 amide bonds. The average molecular weight is 587 g/mol. The fraction of sp³-hybridized carbons (Fsp3) is 0.424. The zero-order valence-corrected chi connectivity index (χ0v) is 25.6. The Bertz CT molecular complexity index is 1480. The highest BCUT2D eigenvalue weighted by Gasteiger charge is 2.52. The molecule has 42 heavy (non-hydrogen) atoms. The number of aromatic nitrogens is 1. The van der Waals surface area contributed by atoms with Gasteiger partial charge in [0.2, 0.25) is 5.91 Å². The standard InChI is InChI=1S/C33H38N4O4S/c1-20(2)15-25(35-30(39)21-8-10-24(11-9-21)33(3,4)5)32(41)36-13-12-26-29(36)27(38)19-37(26)31(40)23-16-22(17-34-18-23)28-7-6-14-42-28/h6-11,14,16-18,20,25-26,29H,12-13,15,19H2,1-5H3,(H,35,39)/t25-,26?,29-/m0/s1. The molecule has 2 aliphatic heterocycles. The lowest BCUT2D eigenvalue weighted by molar-refractivity contribution is -0.138. The van der Waals surface area contributed by atoms with Crippen LogP contribution >= 0.6 is 11.3 Å². The molecular formula is C33H38N4O4S. The monoisotopic (exact) mass is 586 g/mol. The van der Waals surface area contributed by atoms with E-state index in [1.54, 1.807) is 45.5 Å². The van der Waals surface area contributed by atoms with Gasteiger partial charge in [-0.15, -0.1) is 11.3 Å². The van der Waals surface area contributed by atoms with Crippen LogP contribution < -0.4 is 5.32 Å². The van der Waals surface area contributed by atoms with Crippen molar-refractivity contribution in [2.45, 2.75) is 71.0 Å². The first-order chi connectivity index (χ1) is 19.9. The first kappa shape index (κ1) is 29.6. The number of Topliss-reactive ketones (excluding diaryl/α,β-unsaturated/α-hetero) is 1. The van der Waals surface area contributed by atoms with Crippen molar-refractivity contribution >= 4 is 34.8 Å². The van der Waals surface area contributed by atoms with Crippen LogP contribution in [-0.2, 0) is 15.0 Å². The molecule has 3 atom stereocenters. The summed E-state index contributed by atoms with van der Waals surface area (Å²) < 4.78 is 0. The van der Waals surface area contributed by atoms with Crippen LogP contribution in [0.5, 0.6) is 0 Å². The first-order valence-corrected chi connectivity index (χ1v) is 15.4. The summed E-state index contributed by atoms with van der Waals surface area (Å²) in [6.45, 7) is 10.6. The molecule has 0 aliphatic carbocycles. The maximum atomic E-state index is 13.9. The number of ketones is 1. The smallest absolute Gasteiger partial charge is 0.256 e. The summed E-state index contributed by atoms with van der Waals surface area (Å²) in [6.07, 6.45) is 4.19. The van der Waals surface area contributed by atoms with Crippen LogP contribution in [0.4, 0.5) is 0 Å². The largest absolute Gasteiger partial charge is 0.340 e. The normalized spacial score (nSPS) is 19.2. The van der Waals surface area contributed by atoms with E-state index in [0.717, 1.165) is 16.0 Å². The quantitative estimate of drug-likeness (QED) is 0.423. The lowest BCUT2D eigenvalue weighted by Gasteiger charge is -2.29. The number of hydrogen-bond donors (Lipinski definition) is 1. The molecule has 220 valence electrons. The number of rotatable bonds is 7. The summed E-state index contributed by atoms with van der Waals surface area (Å²) in [6, 6.07) is 11.3. The van der Waals surface area contributed by atoms with E-state index in [1.807, 2.05) is 43.5 Å². The molecule has 1 aromatic carbocycles. The highest BCUT2D eigenvalue weighted by atomic mass is 32.1. The number of fused-ring (bicyclic) bond motifs is 1. The van der Waals surface area contributed by atoms with E-state index in [-0.39, 0.29) is 41.4 Å². The van der Waals surface area contributed by atoms with Crippen molar-refractivity contribution in [2.24, 2.45) is 5.92 Å². The summed E-state index contributed by atoms with van der Waals surface area (Å²) in [4.78, 5) is 62.4. The average Bonchev–Trinajstić information content (AvgIpc) is 3.71. The Kier molecular flexibility index (Phi) is 8.32. The van der Waals surface area contributed by atoms with Crippen molar-refractivity contribution in [3.05, 3.63) is 76.9 Å². The Morgan fingerprint density at radius 3 is 2.43 bits per heavy atom. The second-order valence-electron chi connectivity index (χ2n) is 12.7. The number of hydrogen-bond acceptors (Lipinski definition) is 6. The first-order valence-electron chi connectivity index (χ1n) is 14.5. The summed E-state index contributed by atoms with van der Waals surface area (Å²) in [5.41, 5.74) is 2.83. The van der Waals surface area contributed by atoms with Crippen molar-refractivity contribution in [1.82, 2.24) is 20.1 Å². The number of benzene rings is 1. The number of carbonyl (C=O) groups excluding carboxylic acids is 4. The van der Waals surface area contributed by atoms with Crippen LogP contribution in [0, 0.1) is 5.92 Å². The van der Waals surface area contributed by atoms with Gasteiger partial charge in [0.15, 0.2) is 5.78 Å². The summed E-state index contributed by atoms with van der Waals surface area (Å²) in [5.74, 6) is -0.880. The zero-order valence-electron chi connectivity index (χ0n) is 24.8. The number of nitrogens with one attached hydrogen (secondary N) is 1. The van der Waals surface area contributed by atoms with E-state index in [9.17, 15) is 19.2 Å². The number of thiophene rings is 1. The Labute approximate surface area is 251 Å². The van der Waals surface area contributed by atoms with Crippen molar-refractivity contribution in [3.8, 4) is 10.4 Å². The molecule has 1 unspecified atom stereocenters. The third-order valence-corrected chi connectivity index (χ3v) is 9.00. The van der Waals surface area contributed by atoms with Gasteiger partial charge in [-0.3, -0.25) is 24.2 Å². The van der Waals surface area contributed by atoms with Gasteiger partial charge in [-0.1, -0.05) is 52.8 Å². The maximum absolute atomic E-state index is 13.9. The number of amides is 3. The number of carbonyl (C=O) groups is 4. The SMILES string of the molecule is CC(C)C[C@H](NC(=O)c1ccc(C(C)(C)C)cc1)C(=O)N1CCC2[C@H]1C(=O)CN2C(=O)c1cncc(-c2cccs2)c1. The Morgan fingerprint density at radius 1 is 1.05 bits per heavy atom. The minimum absolute atomic E-state index is 0.0378. The maximum Gasteiger partial charge on any atom is 0.256 e. The zero-order chi connectivity index (χ0) is 30.2. The van der Waals surface area contributed by atoms with Gasteiger partial charge >= 0.3 is 0 Å². The van der Waals surface area contributed by atoms with E-state index in [4.69, 9.17) is 0 Å². The topological polar surface area (TPSA) is 99.7 Å². The van der Waals surface area contributed by atoms with E-state index < -0.39 is 18.1 Å². The predicted octanol–water partition coefficient (Wildman–Crippen LogP) is 4.95. The summed E-state index contributed by atoms with van der Waals surface area (Å²) >= 11 is 1.57. The van der Waals surface area contributed by atoms with E-state index in [1.165, 1.54) is 6.20 Å². The van der Waals surface area contributed by atoms with Gasteiger partial charge in [-0.05, 0) is 59.4 Å². The molecule has 0 bridgehead atoms. The van der Waals surface area contributed by atoms with E-state index >= 15 is 0 Å². The molecule has 2 aromatic heterocycles. The van der Waals surface area contributed by atoms with Gasteiger partial charge in [-0.2, -0.15) is 0 Å². The lowest BCUT2D eigenvalue weighted by Crippen LogP contribution is -2.53. The summed E-state index contributed by atoms with van der Waals surface area (Å²) in [7, 11) is 0. The van der Waals surface area contributed by atoms with Crippen molar-refractivity contribution in [3.63, 3.8) is 0 Å². The molecule has 2 fully saturated rings. The number of pyridine rings is 1. The van der Waals surface area contributed by atoms with Crippen LogP contribution in [0.3, 0.4) is 0 Å². The fourth-order valence-corrected chi connectivity index (χ4v) is 6.60. The molecule has 0 spiro atoms. The van der Waals surface area contributed by atoms with Gasteiger partial charge in [0.1, 0.15) is 12.1 Å². The highest BCUT2D eigenvalue weighted by molar-refractivity contribution is 7.13. The van der Waals surface area contributed by atoms with E-state index in [2.05, 4.69) is 31.1 Å². The van der Waals surface area contributed by atoms with Gasteiger partial charge in [0, 0.05) is 34.9 Å². The van der Waals surface area contributed by atoms with Gasteiger partial charge in [0.05, 0.1) is 18.2 Å². The minimum Gasteiger partial charge on any atom is -0.340 e. The Hall–Kier alpha value is -3.85. The third kappa shape index (κ3) is 6.02.